The van der Waals surface area contributed by atoms with E-state index < -0.39 is 0 Å². The number of ether oxygens (including phenoxy) is 1. The molecule has 1 saturated heterocycles. The van der Waals surface area contributed by atoms with Crippen molar-refractivity contribution in [2.45, 2.75) is 19.4 Å². The van der Waals surface area contributed by atoms with Crippen LogP contribution in [0, 0.1) is 11.8 Å². The topological polar surface area (TPSA) is 38.5 Å². The molecule has 3 heteroatoms. The van der Waals surface area contributed by atoms with Gasteiger partial charge in [0.05, 0.1) is 6.61 Å². The van der Waals surface area contributed by atoms with Gasteiger partial charge in [-0.05, 0) is 30.4 Å². The summed E-state index contributed by atoms with van der Waals surface area (Å²) in [6.07, 6.45) is 1.25. The third kappa shape index (κ3) is 4.03. The van der Waals surface area contributed by atoms with Crippen LogP contribution in [0.1, 0.15) is 24.9 Å². The molecule has 2 rings (SSSR count). The second-order valence-electron chi connectivity index (χ2n) is 5.78. The fraction of sp³-hybridized carbons (Fsp3) is 0.625. The van der Waals surface area contributed by atoms with Crippen LogP contribution in [0.5, 0.6) is 0 Å². The van der Waals surface area contributed by atoms with Gasteiger partial charge in [-0.3, -0.25) is 0 Å². The molecule has 106 valence electrons. The average Bonchev–Trinajstić information content (AvgIpc) is 2.86. The first-order valence-electron chi connectivity index (χ1n) is 7.22. The lowest BCUT2D eigenvalue weighted by Gasteiger charge is -2.25. The van der Waals surface area contributed by atoms with E-state index in [9.17, 15) is 0 Å². The molecule has 2 N–H and O–H groups in total. The van der Waals surface area contributed by atoms with E-state index in [2.05, 4.69) is 36.1 Å². The molecule has 3 unspecified atom stereocenters. The van der Waals surface area contributed by atoms with E-state index in [4.69, 9.17) is 10.5 Å². The summed E-state index contributed by atoms with van der Waals surface area (Å²) >= 11 is 0. The van der Waals surface area contributed by atoms with Crippen LogP contribution in [-0.4, -0.2) is 38.3 Å². The summed E-state index contributed by atoms with van der Waals surface area (Å²) in [5.41, 5.74) is 7.60. The Bertz CT molecular complexity index is 368. The lowest BCUT2D eigenvalue weighted by Crippen LogP contribution is -2.32. The number of rotatable bonds is 6. The Labute approximate surface area is 116 Å². The molecule has 0 radical (unpaired) electrons. The lowest BCUT2D eigenvalue weighted by molar-refractivity contribution is 0.150. The van der Waals surface area contributed by atoms with Crippen molar-refractivity contribution in [3.8, 4) is 0 Å². The molecule has 1 fully saturated rings. The molecular weight excluding hydrogens is 236 g/mol. The predicted molar refractivity (Wildman–Crippen MR) is 79.0 cm³/mol. The van der Waals surface area contributed by atoms with Gasteiger partial charge in [0.1, 0.15) is 0 Å². The number of methoxy groups -OCH3 is 1. The van der Waals surface area contributed by atoms with Crippen molar-refractivity contribution in [3.63, 3.8) is 0 Å². The molecule has 0 bridgehead atoms. The highest BCUT2D eigenvalue weighted by molar-refractivity contribution is 5.19. The van der Waals surface area contributed by atoms with E-state index in [1.165, 1.54) is 18.5 Å². The zero-order valence-corrected chi connectivity index (χ0v) is 12.1. The first-order valence-corrected chi connectivity index (χ1v) is 7.22. The molecule has 1 aromatic carbocycles. The molecule has 0 aromatic heterocycles. The fourth-order valence-corrected chi connectivity index (χ4v) is 2.98. The van der Waals surface area contributed by atoms with Crippen LogP contribution in [0.15, 0.2) is 30.3 Å². The Kier molecular flexibility index (Phi) is 5.37. The Balaban J connectivity index is 1.83. The van der Waals surface area contributed by atoms with E-state index in [0.29, 0.717) is 11.8 Å². The molecule has 0 amide bonds. The number of nitrogens with zero attached hydrogens (tertiary/aromatic N) is 1. The number of hydrogen-bond acceptors (Lipinski definition) is 3. The summed E-state index contributed by atoms with van der Waals surface area (Å²) in [7, 11) is 1.79. The molecule has 1 aromatic rings. The highest BCUT2D eigenvalue weighted by Crippen LogP contribution is 2.23. The van der Waals surface area contributed by atoms with Crippen molar-refractivity contribution in [2.75, 3.05) is 33.4 Å². The van der Waals surface area contributed by atoms with Crippen molar-refractivity contribution >= 4 is 0 Å². The van der Waals surface area contributed by atoms with Crippen LogP contribution in [0.4, 0.5) is 0 Å². The summed E-state index contributed by atoms with van der Waals surface area (Å²) in [4.78, 5) is 2.52. The second kappa shape index (κ2) is 7.04. The van der Waals surface area contributed by atoms with Crippen LogP contribution in [-0.2, 0) is 4.74 Å². The maximum absolute atomic E-state index is 6.36. The normalized spacial score (nSPS) is 23.4. The summed E-state index contributed by atoms with van der Waals surface area (Å²) in [5, 5.41) is 0. The average molecular weight is 262 g/mol. The van der Waals surface area contributed by atoms with Gasteiger partial charge in [-0.25, -0.2) is 0 Å². The number of nitrogens with two attached hydrogens (primary N) is 1. The molecule has 19 heavy (non-hydrogen) atoms. The maximum atomic E-state index is 6.36. The summed E-state index contributed by atoms with van der Waals surface area (Å²) in [5.74, 6) is 1.17. The summed E-state index contributed by atoms with van der Waals surface area (Å²) in [6, 6.07) is 10.5. The minimum absolute atomic E-state index is 0.127. The second-order valence-corrected chi connectivity index (χ2v) is 5.78. The zero-order valence-electron chi connectivity index (χ0n) is 12.1. The van der Waals surface area contributed by atoms with Crippen molar-refractivity contribution in [2.24, 2.45) is 17.6 Å². The number of benzene rings is 1. The van der Waals surface area contributed by atoms with E-state index in [1.807, 2.05) is 6.07 Å². The van der Waals surface area contributed by atoms with Crippen molar-refractivity contribution < 1.29 is 4.74 Å². The van der Waals surface area contributed by atoms with Gasteiger partial charge in [0.25, 0.3) is 0 Å². The quantitative estimate of drug-likeness (QED) is 0.855. The highest BCUT2D eigenvalue weighted by atomic mass is 16.5. The number of hydrogen-bond donors (Lipinski definition) is 1. The molecule has 0 aliphatic carbocycles. The minimum atomic E-state index is 0.127. The SMILES string of the molecule is COCC1CCN(CC(C)C(N)c2ccccc2)C1. The Hall–Kier alpha value is -0.900. The number of likely N-dealkylation sites (tertiary alicyclic amines) is 1. The first-order chi connectivity index (χ1) is 9.20. The maximum Gasteiger partial charge on any atom is 0.0503 e. The van der Waals surface area contributed by atoms with Crippen LogP contribution in [0.3, 0.4) is 0 Å². The van der Waals surface area contributed by atoms with Gasteiger partial charge in [0.2, 0.25) is 0 Å². The van der Waals surface area contributed by atoms with Gasteiger partial charge < -0.3 is 15.4 Å². The molecule has 0 spiro atoms. The molecule has 0 saturated carbocycles. The third-order valence-corrected chi connectivity index (χ3v) is 4.12. The van der Waals surface area contributed by atoms with Gasteiger partial charge >= 0.3 is 0 Å². The smallest absolute Gasteiger partial charge is 0.0503 e. The summed E-state index contributed by atoms with van der Waals surface area (Å²) in [6.45, 7) is 6.55. The minimum Gasteiger partial charge on any atom is -0.384 e. The Morgan fingerprint density at radius 1 is 1.37 bits per heavy atom. The molecule has 1 aliphatic rings. The van der Waals surface area contributed by atoms with Gasteiger partial charge in [0.15, 0.2) is 0 Å². The molecule has 1 aliphatic heterocycles. The van der Waals surface area contributed by atoms with Gasteiger partial charge in [0, 0.05) is 26.2 Å². The van der Waals surface area contributed by atoms with Gasteiger partial charge in [-0.15, -0.1) is 0 Å². The van der Waals surface area contributed by atoms with E-state index in [-0.39, 0.29) is 6.04 Å². The van der Waals surface area contributed by atoms with Crippen molar-refractivity contribution in [3.05, 3.63) is 35.9 Å². The van der Waals surface area contributed by atoms with Crippen LogP contribution in [0.2, 0.25) is 0 Å². The standard InChI is InChI=1S/C16H26N2O/c1-13(16(17)15-6-4-3-5-7-15)10-18-9-8-14(11-18)12-19-2/h3-7,13-14,16H,8-12,17H2,1-2H3. The van der Waals surface area contributed by atoms with E-state index in [0.717, 1.165) is 19.7 Å². The van der Waals surface area contributed by atoms with Gasteiger partial charge in [-0.2, -0.15) is 0 Å². The van der Waals surface area contributed by atoms with E-state index in [1.54, 1.807) is 7.11 Å². The zero-order chi connectivity index (χ0) is 13.7. The Morgan fingerprint density at radius 2 is 2.11 bits per heavy atom. The first kappa shape index (κ1) is 14.5. The highest BCUT2D eigenvalue weighted by Gasteiger charge is 2.25. The van der Waals surface area contributed by atoms with E-state index >= 15 is 0 Å². The lowest BCUT2D eigenvalue weighted by atomic mass is 9.95. The summed E-state index contributed by atoms with van der Waals surface area (Å²) < 4.78 is 5.24. The Morgan fingerprint density at radius 3 is 2.79 bits per heavy atom. The van der Waals surface area contributed by atoms with Crippen molar-refractivity contribution in [1.82, 2.24) is 4.90 Å². The molecule has 1 heterocycles. The van der Waals surface area contributed by atoms with Crippen molar-refractivity contribution in [1.29, 1.82) is 0 Å². The molecule has 3 nitrogen and oxygen atoms in total. The van der Waals surface area contributed by atoms with Crippen LogP contribution >= 0.6 is 0 Å². The predicted octanol–water partition coefficient (Wildman–Crippen LogP) is 2.29. The monoisotopic (exact) mass is 262 g/mol. The molecule has 3 atom stereocenters. The van der Waals surface area contributed by atoms with Crippen LogP contribution < -0.4 is 5.73 Å². The van der Waals surface area contributed by atoms with Crippen LogP contribution in [0.25, 0.3) is 0 Å². The fourth-order valence-electron chi connectivity index (χ4n) is 2.98. The third-order valence-electron chi connectivity index (χ3n) is 4.12. The van der Waals surface area contributed by atoms with Gasteiger partial charge in [-0.1, -0.05) is 37.3 Å². The largest absolute Gasteiger partial charge is 0.384 e. The molecular formula is C16H26N2O.